The first-order chi connectivity index (χ1) is 12.6. The number of nitrogens with zero attached hydrogens (tertiary/aromatic N) is 2. The van der Waals surface area contributed by atoms with Crippen molar-refractivity contribution in [3.8, 4) is 0 Å². The molecule has 4 rings (SSSR count). The van der Waals surface area contributed by atoms with Gasteiger partial charge in [0.05, 0.1) is 17.0 Å². The fourth-order valence-electron chi connectivity index (χ4n) is 3.35. The van der Waals surface area contributed by atoms with Gasteiger partial charge in [0, 0.05) is 30.6 Å². The van der Waals surface area contributed by atoms with E-state index in [4.69, 9.17) is 16.0 Å². The van der Waals surface area contributed by atoms with E-state index in [9.17, 15) is 14.7 Å². The van der Waals surface area contributed by atoms with Crippen molar-refractivity contribution in [1.82, 2.24) is 9.88 Å². The number of carbonyl (C=O) groups excluding carboxylic acids is 1. The van der Waals surface area contributed by atoms with E-state index < -0.39 is 6.04 Å². The van der Waals surface area contributed by atoms with Crippen molar-refractivity contribution in [3.05, 3.63) is 74.9 Å². The monoisotopic (exact) mass is 370 g/mol. The second kappa shape index (κ2) is 6.55. The van der Waals surface area contributed by atoms with Gasteiger partial charge in [-0.2, -0.15) is 0 Å². The average Bonchev–Trinajstić information content (AvgIpc) is 2.94. The predicted molar refractivity (Wildman–Crippen MR) is 96.3 cm³/mol. The third kappa shape index (κ3) is 2.58. The van der Waals surface area contributed by atoms with E-state index in [1.807, 2.05) is 6.07 Å². The van der Waals surface area contributed by atoms with Crippen LogP contribution in [0.3, 0.4) is 0 Å². The Labute approximate surface area is 153 Å². The molecule has 0 spiro atoms. The fraction of sp³-hybridized carbons (Fsp3) is 0.211. The molecule has 7 heteroatoms. The standard InChI is InChI=1S/C19H15ClN2O4/c20-12-4-5-14-13(9-12)17(24)15-16(11-3-1-6-21-10-11)22(7-2-8-23)19(25)18(15)26-14/h1,3-6,9-10,16,23H,2,7-8H2. The van der Waals surface area contributed by atoms with Crippen LogP contribution in [0.2, 0.25) is 5.02 Å². The number of hydrogen-bond acceptors (Lipinski definition) is 5. The zero-order valence-electron chi connectivity index (χ0n) is 13.7. The van der Waals surface area contributed by atoms with E-state index in [1.54, 1.807) is 41.6 Å². The van der Waals surface area contributed by atoms with Gasteiger partial charge in [-0.15, -0.1) is 0 Å². The van der Waals surface area contributed by atoms with Crippen molar-refractivity contribution >= 4 is 28.5 Å². The summed E-state index contributed by atoms with van der Waals surface area (Å²) >= 11 is 6.03. The second-order valence-electron chi connectivity index (χ2n) is 6.08. The highest BCUT2D eigenvalue weighted by atomic mass is 35.5. The summed E-state index contributed by atoms with van der Waals surface area (Å²) < 4.78 is 5.78. The molecule has 0 radical (unpaired) electrons. The number of rotatable bonds is 4. The Hall–Kier alpha value is -2.70. The summed E-state index contributed by atoms with van der Waals surface area (Å²) in [6, 6.07) is 7.71. The molecule has 0 saturated heterocycles. The Morgan fingerprint density at radius 3 is 2.85 bits per heavy atom. The van der Waals surface area contributed by atoms with Crippen molar-refractivity contribution in [3.63, 3.8) is 0 Å². The zero-order valence-corrected chi connectivity index (χ0v) is 14.4. The number of aliphatic hydroxyl groups excluding tert-OH is 1. The molecule has 0 fully saturated rings. The molecule has 1 amide bonds. The molecule has 0 bridgehead atoms. The lowest BCUT2D eigenvalue weighted by Gasteiger charge is -2.24. The van der Waals surface area contributed by atoms with Crippen molar-refractivity contribution in [2.45, 2.75) is 12.5 Å². The van der Waals surface area contributed by atoms with Gasteiger partial charge in [0.25, 0.3) is 5.91 Å². The van der Waals surface area contributed by atoms with Crippen LogP contribution in [0.5, 0.6) is 0 Å². The van der Waals surface area contributed by atoms with E-state index in [0.717, 1.165) is 0 Å². The van der Waals surface area contributed by atoms with Crippen LogP contribution in [0.25, 0.3) is 11.0 Å². The molecule has 1 atom stereocenters. The highest BCUT2D eigenvalue weighted by Crippen LogP contribution is 2.38. The van der Waals surface area contributed by atoms with Crippen LogP contribution in [0.4, 0.5) is 0 Å². The molecule has 2 aromatic heterocycles. The van der Waals surface area contributed by atoms with Gasteiger partial charge in [-0.3, -0.25) is 14.6 Å². The van der Waals surface area contributed by atoms with Gasteiger partial charge in [0.2, 0.25) is 5.76 Å². The van der Waals surface area contributed by atoms with Gasteiger partial charge in [0.1, 0.15) is 5.58 Å². The first-order valence-corrected chi connectivity index (χ1v) is 8.57. The van der Waals surface area contributed by atoms with E-state index in [2.05, 4.69) is 4.98 Å². The number of hydrogen-bond donors (Lipinski definition) is 1. The van der Waals surface area contributed by atoms with Crippen LogP contribution in [0, 0.1) is 0 Å². The van der Waals surface area contributed by atoms with Crippen LogP contribution in [0.1, 0.15) is 34.1 Å². The van der Waals surface area contributed by atoms with E-state index >= 15 is 0 Å². The normalized spacial score (nSPS) is 16.3. The van der Waals surface area contributed by atoms with Crippen molar-refractivity contribution in [1.29, 1.82) is 0 Å². The van der Waals surface area contributed by atoms with E-state index in [0.29, 0.717) is 34.5 Å². The number of carbonyl (C=O) groups is 1. The summed E-state index contributed by atoms with van der Waals surface area (Å²) in [7, 11) is 0. The number of aliphatic hydroxyl groups is 1. The van der Waals surface area contributed by atoms with Crippen molar-refractivity contribution < 1.29 is 14.3 Å². The van der Waals surface area contributed by atoms with Crippen molar-refractivity contribution in [2.24, 2.45) is 0 Å². The molecule has 0 aliphatic carbocycles. The molecule has 1 aromatic carbocycles. The summed E-state index contributed by atoms with van der Waals surface area (Å²) in [5.41, 5.74) is 1.04. The van der Waals surface area contributed by atoms with Crippen LogP contribution in [-0.2, 0) is 0 Å². The fourth-order valence-corrected chi connectivity index (χ4v) is 3.52. The van der Waals surface area contributed by atoms with Gasteiger partial charge in [-0.1, -0.05) is 17.7 Å². The molecule has 3 heterocycles. The third-order valence-corrected chi connectivity index (χ3v) is 4.72. The predicted octanol–water partition coefficient (Wildman–Crippen LogP) is 2.77. The molecular weight excluding hydrogens is 356 g/mol. The smallest absolute Gasteiger partial charge is 0.290 e. The van der Waals surface area contributed by atoms with Crippen molar-refractivity contribution in [2.75, 3.05) is 13.2 Å². The molecule has 1 N–H and O–H groups in total. The molecule has 0 saturated carbocycles. The van der Waals surface area contributed by atoms with Crippen LogP contribution in [-0.4, -0.2) is 34.0 Å². The quantitative estimate of drug-likeness (QED) is 0.763. The number of pyridine rings is 1. The van der Waals surface area contributed by atoms with Gasteiger partial charge in [-0.05, 0) is 36.2 Å². The molecule has 3 aromatic rings. The zero-order chi connectivity index (χ0) is 18.3. The SMILES string of the molecule is O=C1c2oc3ccc(Cl)cc3c(=O)c2C(c2cccnc2)N1CCCO. The first-order valence-electron chi connectivity index (χ1n) is 8.20. The lowest BCUT2D eigenvalue weighted by molar-refractivity contribution is 0.0716. The van der Waals surface area contributed by atoms with Gasteiger partial charge in [0.15, 0.2) is 5.43 Å². The maximum absolute atomic E-state index is 13.2. The Morgan fingerprint density at radius 1 is 1.27 bits per heavy atom. The molecule has 6 nitrogen and oxygen atoms in total. The maximum atomic E-state index is 13.2. The number of benzene rings is 1. The lowest BCUT2D eigenvalue weighted by atomic mass is 10.00. The lowest BCUT2D eigenvalue weighted by Crippen LogP contribution is -2.31. The average molecular weight is 371 g/mol. The largest absolute Gasteiger partial charge is 0.450 e. The van der Waals surface area contributed by atoms with Gasteiger partial charge in [-0.25, -0.2) is 0 Å². The molecule has 132 valence electrons. The van der Waals surface area contributed by atoms with Crippen LogP contribution < -0.4 is 5.43 Å². The summed E-state index contributed by atoms with van der Waals surface area (Å²) in [5.74, 6) is -0.326. The molecule has 1 aliphatic heterocycles. The Kier molecular flexibility index (Phi) is 4.22. The van der Waals surface area contributed by atoms with Gasteiger partial charge >= 0.3 is 0 Å². The van der Waals surface area contributed by atoms with Crippen LogP contribution in [0.15, 0.2) is 51.9 Å². The summed E-state index contributed by atoms with van der Waals surface area (Å²) in [6.07, 6.45) is 3.65. The molecule has 26 heavy (non-hydrogen) atoms. The maximum Gasteiger partial charge on any atom is 0.290 e. The highest BCUT2D eigenvalue weighted by molar-refractivity contribution is 6.31. The molecule has 1 aliphatic rings. The minimum absolute atomic E-state index is 0.0385. The van der Waals surface area contributed by atoms with E-state index in [1.165, 1.54) is 0 Å². The Morgan fingerprint density at radius 2 is 2.12 bits per heavy atom. The Balaban J connectivity index is 1.98. The van der Waals surface area contributed by atoms with Crippen LogP contribution >= 0.6 is 11.6 Å². The number of halogens is 1. The minimum atomic E-state index is -0.600. The van der Waals surface area contributed by atoms with E-state index in [-0.39, 0.29) is 29.3 Å². The number of fused-ring (bicyclic) bond motifs is 2. The Bertz CT molecular complexity index is 1050. The summed E-state index contributed by atoms with van der Waals surface area (Å²) in [4.78, 5) is 31.7. The second-order valence-corrected chi connectivity index (χ2v) is 6.52. The topological polar surface area (TPSA) is 83.6 Å². The molecule has 1 unspecified atom stereocenters. The summed E-state index contributed by atoms with van der Waals surface area (Å²) in [5, 5.41) is 9.93. The molecular formula is C19H15ClN2O4. The minimum Gasteiger partial charge on any atom is -0.450 e. The number of amides is 1. The van der Waals surface area contributed by atoms with Gasteiger partial charge < -0.3 is 14.4 Å². The third-order valence-electron chi connectivity index (χ3n) is 4.49. The summed E-state index contributed by atoms with van der Waals surface area (Å²) in [6.45, 7) is 0.245. The highest BCUT2D eigenvalue weighted by Gasteiger charge is 2.42. The first kappa shape index (κ1) is 16.8. The number of aromatic nitrogens is 1.